The number of aromatic nitrogens is 1. The molecule has 0 spiro atoms. The fourth-order valence-electron chi connectivity index (χ4n) is 1.63. The third-order valence-electron chi connectivity index (χ3n) is 2.85. The van der Waals surface area contributed by atoms with Gasteiger partial charge in [0, 0.05) is 26.7 Å². The third-order valence-corrected chi connectivity index (χ3v) is 4.80. The maximum absolute atomic E-state index is 5.81. The predicted molar refractivity (Wildman–Crippen MR) is 76.8 cm³/mol. The molecule has 0 fully saturated rings. The minimum absolute atomic E-state index is 0.647. The molecular weight excluding hydrogens is 346 g/mol. The second-order valence-corrected chi connectivity index (χ2v) is 5.79. The van der Waals surface area contributed by atoms with E-state index in [0.717, 1.165) is 15.7 Å². The summed E-state index contributed by atoms with van der Waals surface area (Å²) in [5.74, 6) is 0.647. The molecule has 0 saturated carbocycles. The van der Waals surface area contributed by atoms with E-state index in [0.29, 0.717) is 5.92 Å². The number of hydrogen-bond donors (Lipinski definition) is 0. The first-order valence-corrected chi connectivity index (χ1v) is 7.76. The van der Waals surface area contributed by atoms with Crippen LogP contribution < -0.4 is 9.57 Å². The normalized spacial score (nSPS) is 12.5. The molecule has 0 bridgehead atoms. The van der Waals surface area contributed by atoms with Gasteiger partial charge in [0.25, 0.3) is 0 Å². The van der Waals surface area contributed by atoms with Gasteiger partial charge in [-0.05, 0) is 40.8 Å². The molecular formula is C13H20Br2NO+. The molecule has 2 nitrogen and oxygen atoms in total. The summed E-state index contributed by atoms with van der Waals surface area (Å²) in [4.78, 5) is 5.81. The first-order chi connectivity index (χ1) is 8.19. The zero-order chi connectivity index (χ0) is 12.7. The first-order valence-electron chi connectivity index (χ1n) is 6.18. The van der Waals surface area contributed by atoms with Gasteiger partial charge in [0.2, 0.25) is 6.20 Å². The number of pyridine rings is 1. The molecule has 0 aliphatic rings. The summed E-state index contributed by atoms with van der Waals surface area (Å²) in [7, 11) is 0. The summed E-state index contributed by atoms with van der Waals surface area (Å²) < 4.78 is 3.70. The highest BCUT2D eigenvalue weighted by molar-refractivity contribution is 9.13. The van der Waals surface area contributed by atoms with Crippen molar-refractivity contribution in [1.29, 1.82) is 0 Å². The average molecular weight is 366 g/mol. The Kier molecular flexibility index (Phi) is 7.12. The summed E-state index contributed by atoms with van der Waals surface area (Å²) in [5.41, 5.74) is 0. The Morgan fingerprint density at radius 2 is 2.12 bits per heavy atom. The molecule has 17 heavy (non-hydrogen) atoms. The molecule has 1 aromatic heterocycles. The predicted octanol–water partition coefficient (Wildman–Crippen LogP) is 4.14. The summed E-state index contributed by atoms with van der Waals surface area (Å²) in [6.45, 7) is 5.23. The van der Waals surface area contributed by atoms with E-state index in [1.807, 2.05) is 18.3 Å². The Bertz CT molecular complexity index is 344. The molecule has 1 heterocycles. The van der Waals surface area contributed by atoms with Crippen LogP contribution in [0.4, 0.5) is 0 Å². The fourth-order valence-corrected chi connectivity index (χ4v) is 2.31. The summed E-state index contributed by atoms with van der Waals surface area (Å²) in [6.07, 6.45) is 6.88. The molecule has 0 aliphatic carbocycles. The van der Waals surface area contributed by atoms with Crippen LogP contribution in [0.25, 0.3) is 0 Å². The highest BCUT2D eigenvalue weighted by atomic mass is 79.9. The van der Waals surface area contributed by atoms with Gasteiger partial charge in [-0.2, -0.15) is 0 Å². The van der Waals surface area contributed by atoms with Crippen molar-refractivity contribution in [2.24, 2.45) is 5.92 Å². The quantitative estimate of drug-likeness (QED) is 0.522. The van der Waals surface area contributed by atoms with Crippen LogP contribution in [0.15, 0.2) is 27.4 Å². The number of hydrogen-bond acceptors (Lipinski definition) is 1. The Morgan fingerprint density at radius 3 is 2.76 bits per heavy atom. The van der Waals surface area contributed by atoms with Crippen molar-refractivity contribution in [2.75, 3.05) is 6.61 Å². The molecule has 1 aromatic rings. The van der Waals surface area contributed by atoms with Gasteiger partial charge in [-0.15, -0.1) is 0 Å². The molecule has 0 aromatic carbocycles. The van der Waals surface area contributed by atoms with E-state index in [9.17, 15) is 0 Å². The Labute approximate surface area is 121 Å². The second-order valence-electron chi connectivity index (χ2n) is 4.18. The number of rotatable bonds is 7. The largest absolute Gasteiger partial charge is 0.312 e. The summed E-state index contributed by atoms with van der Waals surface area (Å²) in [5, 5.41) is 0. The standard InChI is InChI=1S/C13H20Br2NO/c1-3-5-7-11(4-2)10-17-16-9-6-8-12(14)13(16)15/h6,8-9,11H,3-5,7,10H2,1-2H3/q+1. The fraction of sp³-hybridized carbons (Fsp3) is 0.615. The van der Waals surface area contributed by atoms with Gasteiger partial charge >= 0.3 is 4.60 Å². The monoisotopic (exact) mass is 364 g/mol. The van der Waals surface area contributed by atoms with E-state index in [1.165, 1.54) is 25.7 Å². The van der Waals surface area contributed by atoms with E-state index >= 15 is 0 Å². The van der Waals surface area contributed by atoms with Gasteiger partial charge < -0.3 is 0 Å². The lowest BCUT2D eigenvalue weighted by atomic mass is 10.0. The van der Waals surface area contributed by atoms with Crippen LogP contribution >= 0.6 is 31.9 Å². The van der Waals surface area contributed by atoms with E-state index < -0.39 is 0 Å². The molecule has 1 unspecified atom stereocenters. The lowest BCUT2D eigenvalue weighted by Crippen LogP contribution is -2.45. The van der Waals surface area contributed by atoms with Crippen molar-refractivity contribution < 1.29 is 9.57 Å². The summed E-state index contributed by atoms with van der Waals surface area (Å²) >= 11 is 6.96. The van der Waals surface area contributed by atoms with Gasteiger partial charge in [-0.1, -0.05) is 26.7 Å². The third kappa shape index (κ3) is 4.96. The molecule has 0 aliphatic heterocycles. The van der Waals surface area contributed by atoms with E-state index in [2.05, 4.69) is 45.7 Å². The SMILES string of the molecule is CCCCC(CC)CO[n+]1cccc(Br)c1Br. The number of unbranched alkanes of at least 4 members (excludes halogenated alkanes) is 1. The van der Waals surface area contributed by atoms with Gasteiger partial charge in [-0.25, -0.2) is 0 Å². The zero-order valence-electron chi connectivity index (χ0n) is 10.5. The summed E-state index contributed by atoms with van der Waals surface area (Å²) in [6, 6.07) is 3.94. The molecule has 4 heteroatoms. The van der Waals surface area contributed by atoms with Crippen LogP contribution in [0, 0.1) is 5.92 Å². The van der Waals surface area contributed by atoms with Crippen molar-refractivity contribution in [3.05, 3.63) is 27.4 Å². The molecule has 0 saturated heterocycles. The van der Waals surface area contributed by atoms with Crippen LogP contribution in [-0.4, -0.2) is 6.61 Å². The minimum Gasteiger partial charge on any atom is -0.270 e. The maximum Gasteiger partial charge on any atom is 0.312 e. The van der Waals surface area contributed by atoms with Crippen LogP contribution in [0.1, 0.15) is 39.5 Å². The molecule has 1 atom stereocenters. The van der Waals surface area contributed by atoms with Gasteiger partial charge in [-0.3, -0.25) is 4.84 Å². The van der Waals surface area contributed by atoms with Crippen molar-refractivity contribution in [3.8, 4) is 0 Å². The molecule has 0 amide bonds. The topological polar surface area (TPSA) is 13.1 Å². The average Bonchev–Trinajstić information content (AvgIpc) is 2.34. The van der Waals surface area contributed by atoms with Crippen LogP contribution in [0.3, 0.4) is 0 Å². The Morgan fingerprint density at radius 1 is 1.35 bits per heavy atom. The maximum atomic E-state index is 5.81. The Hall–Kier alpha value is -0.0900. The number of nitrogens with zero attached hydrogens (tertiary/aromatic N) is 1. The Balaban J connectivity index is 2.50. The van der Waals surface area contributed by atoms with Crippen molar-refractivity contribution in [1.82, 2.24) is 0 Å². The smallest absolute Gasteiger partial charge is 0.270 e. The van der Waals surface area contributed by atoms with Crippen LogP contribution in [-0.2, 0) is 0 Å². The van der Waals surface area contributed by atoms with Gasteiger partial charge in [0.15, 0.2) is 6.61 Å². The number of halogens is 2. The van der Waals surface area contributed by atoms with E-state index in [4.69, 9.17) is 4.84 Å². The van der Waals surface area contributed by atoms with E-state index in [-0.39, 0.29) is 0 Å². The second kappa shape index (κ2) is 8.09. The lowest BCUT2D eigenvalue weighted by molar-refractivity contribution is -0.901. The molecule has 1 rings (SSSR count). The van der Waals surface area contributed by atoms with Crippen molar-refractivity contribution >= 4 is 31.9 Å². The van der Waals surface area contributed by atoms with Crippen LogP contribution in [0.5, 0.6) is 0 Å². The van der Waals surface area contributed by atoms with Gasteiger partial charge in [0.05, 0.1) is 0 Å². The highest BCUT2D eigenvalue weighted by Gasteiger charge is 2.15. The first kappa shape index (κ1) is 15.0. The zero-order valence-corrected chi connectivity index (χ0v) is 13.6. The van der Waals surface area contributed by atoms with Crippen molar-refractivity contribution in [3.63, 3.8) is 0 Å². The van der Waals surface area contributed by atoms with Crippen LogP contribution in [0.2, 0.25) is 0 Å². The van der Waals surface area contributed by atoms with Crippen molar-refractivity contribution in [2.45, 2.75) is 39.5 Å². The highest BCUT2D eigenvalue weighted by Crippen LogP contribution is 2.17. The molecule has 96 valence electrons. The minimum atomic E-state index is 0.647. The molecule has 0 N–H and O–H groups in total. The molecule has 0 radical (unpaired) electrons. The van der Waals surface area contributed by atoms with E-state index in [1.54, 1.807) is 4.73 Å². The lowest BCUT2D eigenvalue weighted by Gasteiger charge is -2.11. The van der Waals surface area contributed by atoms with Gasteiger partial charge in [0.1, 0.15) is 4.47 Å².